The van der Waals surface area contributed by atoms with Gasteiger partial charge >= 0.3 is 0 Å². The van der Waals surface area contributed by atoms with E-state index in [-0.39, 0.29) is 22.6 Å². The van der Waals surface area contributed by atoms with Crippen LogP contribution in [0.15, 0.2) is 42.5 Å². The Morgan fingerprint density at radius 1 is 1.06 bits per heavy atom. The first kappa shape index (κ1) is 11.9. The molecule has 18 heavy (non-hydrogen) atoms. The van der Waals surface area contributed by atoms with Crippen LogP contribution in [0, 0.1) is 5.82 Å². The summed E-state index contributed by atoms with van der Waals surface area (Å²) in [5, 5.41) is 18.9. The zero-order valence-corrected chi connectivity index (χ0v) is 9.22. The molecule has 0 spiro atoms. The standard InChI is InChI=1S/C14H9FO3/c15-10-3-1-9(2-4-10)13(8-16)12-6-5-11(17)7-14(12)18/h1-7,17-18H. The summed E-state index contributed by atoms with van der Waals surface area (Å²) in [5.74, 6) is 0.950. The van der Waals surface area contributed by atoms with E-state index in [1.165, 1.54) is 36.4 Å². The zero-order valence-electron chi connectivity index (χ0n) is 9.22. The lowest BCUT2D eigenvalue weighted by atomic mass is 9.98. The SMILES string of the molecule is O=C=C(c1ccc(F)cc1)c1ccc(O)cc1O. The summed E-state index contributed by atoms with van der Waals surface area (Å²) in [6, 6.07) is 9.12. The van der Waals surface area contributed by atoms with E-state index in [1.807, 2.05) is 0 Å². The Morgan fingerprint density at radius 3 is 2.28 bits per heavy atom. The largest absolute Gasteiger partial charge is 0.508 e. The molecule has 0 aromatic heterocycles. The van der Waals surface area contributed by atoms with Gasteiger partial charge in [0.1, 0.15) is 23.3 Å². The van der Waals surface area contributed by atoms with Gasteiger partial charge in [0.05, 0.1) is 5.57 Å². The van der Waals surface area contributed by atoms with E-state index in [0.717, 1.165) is 6.07 Å². The number of hydrogen-bond acceptors (Lipinski definition) is 3. The molecule has 0 amide bonds. The number of hydrogen-bond donors (Lipinski definition) is 2. The first-order valence-electron chi connectivity index (χ1n) is 5.15. The van der Waals surface area contributed by atoms with Gasteiger partial charge in [-0.15, -0.1) is 0 Å². The Hall–Kier alpha value is -2.58. The normalized spacial score (nSPS) is 9.83. The molecule has 4 heteroatoms. The Labute approximate surface area is 102 Å². The maximum absolute atomic E-state index is 12.8. The lowest BCUT2D eigenvalue weighted by Crippen LogP contribution is -1.90. The van der Waals surface area contributed by atoms with Crippen molar-refractivity contribution < 1.29 is 19.4 Å². The molecule has 3 nitrogen and oxygen atoms in total. The predicted molar refractivity (Wildman–Crippen MR) is 64.4 cm³/mol. The molecule has 0 heterocycles. The molecule has 0 bridgehead atoms. The number of carbonyl (C=O) groups excluding carboxylic acids is 1. The molecule has 0 atom stereocenters. The maximum atomic E-state index is 12.8. The van der Waals surface area contributed by atoms with Crippen molar-refractivity contribution in [3.05, 3.63) is 59.4 Å². The van der Waals surface area contributed by atoms with Crippen molar-refractivity contribution in [2.75, 3.05) is 0 Å². The van der Waals surface area contributed by atoms with E-state index in [4.69, 9.17) is 0 Å². The van der Waals surface area contributed by atoms with E-state index < -0.39 is 5.82 Å². The molecular formula is C14H9FO3. The fraction of sp³-hybridized carbons (Fsp3) is 0. The molecule has 90 valence electrons. The highest BCUT2D eigenvalue weighted by atomic mass is 19.1. The molecule has 0 fully saturated rings. The van der Waals surface area contributed by atoms with Crippen LogP contribution in [-0.4, -0.2) is 16.2 Å². The summed E-state index contributed by atoms with van der Waals surface area (Å²) < 4.78 is 12.8. The van der Waals surface area contributed by atoms with Gasteiger partial charge in [-0.1, -0.05) is 12.1 Å². The van der Waals surface area contributed by atoms with Crippen LogP contribution in [0.4, 0.5) is 4.39 Å². The minimum Gasteiger partial charge on any atom is -0.508 e. The van der Waals surface area contributed by atoms with E-state index in [1.54, 1.807) is 5.94 Å². The van der Waals surface area contributed by atoms with Gasteiger partial charge in [-0.05, 0) is 29.8 Å². The highest BCUT2D eigenvalue weighted by molar-refractivity contribution is 5.98. The molecule has 0 unspecified atom stereocenters. The van der Waals surface area contributed by atoms with Gasteiger partial charge in [0.25, 0.3) is 0 Å². The van der Waals surface area contributed by atoms with Gasteiger partial charge < -0.3 is 10.2 Å². The lowest BCUT2D eigenvalue weighted by Gasteiger charge is -2.06. The van der Waals surface area contributed by atoms with Gasteiger partial charge in [0, 0.05) is 11.6 Å². The monoisotopic (exact) mass is 244 g/mol. The molecule has 0 aliphatic heterocycles. The van der Waals surface area contributed by atoms with Crippen LogP contribution in [0.2, 0.25) is 0 Å². The quantitative estimate of drug-likeness (QED) is 0.798. The van der Waals surface area contributed by atoms with Crippen molar-refractivity contribution in [3.8, 4) is 11.5 Å². The molecule has 0 saturated heterocycles. The summed E-state index contributed by atoms with van der Waals surface area (Å²) in [6.45, 7) is 0. The average molecular weight is 244 g/mol. The third-order valence-electron chi connectivity index (χ3n) is 2.49. The number of rotatable bonds is 2. The van der Waals surface area contributed by atoms with Gasteiger partial charge in [-0.25, -0.2) is 9.18 Å². The number of phenols is 2. The molecule has 2 rings (SSSR count). The highest BCUT2D eigenvalue weighted by Crippen LogP contribution is 2.31. The van der Waals surface area contributed by atoms with Crippen molar-refractivity contribution in [2.24, 2.45) is 0 Å². The Morgan fingerprint density at radius 2 is 1.72 bits per heavy atom. The minimum atomic E-state index is -0.418. The summed E-state index contributed by atoms with van der Waals surface area (Å²) >= 11 is 0. The molecule has 0 radical (unpaired) electrons. The van der Waals surface area contributed by atoms with Crippen LogP contribution in [0.1, 0.15) is 11.1 Å². The van der Waals surface area contributed by atoms with E-state index in [9.17, 15) is 19.4 Å². The zero-order chi connectivity index (χ0) is 13.1. The van der Waals surface area contributed by atoms with Crippen LogP contribution < -0.4 is 0 Å². The summed E-state index contributed by atoms with van der Waals surface area (Å²) in [4.78, 5) is 11.0. The third-order valence-corrected chi connectivity index (χ3v) is 2.49. The molecule has 2 N–H and O–H groups in total. The van der Waals surface area contributed by atoms with E-state index in [2.05, 4.69) is 0 Å². The lowest BCUT2D eigenvalue weighted by molar-refractivity contribution is 0.449. The summed E-state index contributed by atoms with van der Waals surface area (Å²) in [6.07, 6.45) is 0. The topological polar surface area (TPSA) is 57.5 Å². The van der Waals surface area contributed by atoms with Crippen LogP contribution in [0.25, 0.3) is 5.57 Å². The number of benzene rings is 2. The van der Waals surface area contributed by atoms with Crippen LogP contribution in [0.5, 0.6) is 11.5 Å². The van der Waals surface area contributed by atoms with Gasteiger partial charge in [0.15, 0.2) is 0 Å². The molecule has 0 aliphatic rings. The van der Waals surface area contributed by atoms with Crippen molar-refractivity contribution in [1.29, 1.82) is 0 Å². The van der Waals surface area contributed by atoms with Crippen LogP contribution in [-0.2, 0) is 4.79 Å². The van der Waals surface area contributed by atoms with Crippen molar-refractivity contribution >= 4 is 11.5 Å². The van der Waals surface area contributed by atoms with Gasteiger partial charge in [-0.3, -0.25) is 0 Å². The Kier molecular flexibility index (Phi) is 3.13. The summed E-state index contributed by atoms with van der Waals surface area (Å²) in [7, 11) is 0. The predicted octanol–water partition coefficient (Wildman–Crippen LogP) is 2.50. The first-order chi connectivity index (χ1) is 8.61. The van der Waals surface area contributed by atoms with Crippen molar-refractivity contribution in [3.63, 3.8) is 0 Å². The van der Waals surface area contributed by atoms with E-state index >= 15 is 0 Å². The van der Waals surface area contributed by atoms with Crippen molar-refractivity contribution in [1.82, 2.24) is 0 Å². The number of aromatic hydroxyl groups is 2. The molecule has 2 aromatic rings. The second-order valence-corrected chi connectivity index (χ2v) is 3.69. The molecule has 0 aliphatic carbocycles. The number of phenolic OH excluding ortho intramolecular Hbond substituents is 2. The first-order valence-corrected chi connectivity index (χ1v) is 5.15. The maximum Gasteiger partial charge on any atom is 0.133 e. The van der Waals surface area contributed by atoms with E-state index in [0.29, 0.717) is 5.56 Å². The fourth-order valence-corrected chi connectivity index (χ4v) is 1.62. The minimum absolute atomic E-state index is 0.104. The van der Waals surface area contributed by atoms with Crippen LogP contribution in [0.3, 0.4) is 0 Å². The molecule has 2 aromatic carbocycles. The van der Waals surface area contributed by atoms with Crippen molar-refractivity contribution in [2.45, 2.75) is 0 Å². The Balaban J connectivity index is 2.53. The number of halogens is 1. The molecular weight excluding hydrogens is 235 g/mol. The Bertz CT molecular complexity index is 626. The van der Waals surface area contributed by atoms with Gasteiger partial charge in [0.2, 0.25) is 0 Å². The second-order valence-electron chi connectivity index (χ2n) is 3.69. The third kappa shape index (κ3) is 2.24. The summed E-state index contributed by atoms with van der Waals surface area (Å²) in [5.41, 5.74) is 0.772. The second kappa shape index (κ2) is 4.73. The smallest absolute Gasteiger partial charge is 0.133 e. The average Bonchev–Trinajstić information content (AvgIpc) is 2.35. The highest BCUT2D eigenvalue weighted by Gasteiger charge is 2.11. The molecule has 0 saturated carbocycles. The fourth-order valence-electron chi connectivity index (χ4n) is 1.62. The van der Waals surface area contributed by atoms with Crippen LogP contribution >= 0.6 is 0 Å². The van der Waals surface area contributed by atoms with Gasteiger partial charge in [-0.2, -0.15) is 0 Å².